The molecule has 3 atom stereocenters. The molecule has 3 aliphatic rings. The largest absolute Gasteiger partial charge is 0.352 e. The number of piperidine rings is 1. The second-order valence-electron chi connectivity index (χ2n) is 6.30. The first-order valence-electron chi connectivity index (χ1n) is 7.50. The lowest BCUT2D eigenvalue weighted by Crippen LogP contribution is -2.46. The number of amides is 1. The zero-order valence-electron chi connectivity index (χ0n) is 11.3. The zero-order valence-corrected chi connectivity index (χ0v) is 11.3. The highest BCUT2D eigenvalue weighted by Gasteiger charge is 2.35. The van der Waals surface area contributed by atoms with E-state index < -0.39 is 0 Å². The van der Waals surface area contributed by atoms with Crippen LogP contribution >= 0.6 is 0 Å². The minimum Gasteiger partial charge on any atom is -0.352 e. The first kappa shape index (κ1) is 12.4. The molecule has 4 heteroatoms. The average molecular weight is 251 g/mol. The van der Waals surface area contributed by atoms with Gasteiger partial charge < -0.3 is 10.6 Å². The predicted molar refractivity (Wildman–Crippen MR) is 71.3 cm³/mol. The van der Waals surface area contributed by atoms with Crippen molar-refractivity contribution < 1.29 is 4.79 Å². The lowest BCUT2D eigenvalue weighted by atomic mass is 9.92. The number of rotatable bonds is 3. The average Bonchev–Trinajstić information content (AvgIpc) is 3.11. The van der Waals surface area contributed by atoms with E-state index in [1.807, 2.05) is 0 Å². The molecule has 0 radical (unpaired) electrons. The van der Waals surface area contributed by atoms with Crippen LogP contribution in [-0.2, 0) is 4.79 Å². The van der Waals surface area contributed by atoms with Crippen LogP contribution in [0, 0.1) is 5.92 Å². The fraction of sp³-hybridized carbons (Fsp3) is 0.929. The topological polar surface area (TPSA) is 44.4 Å². The highest BCUT2D eigenvalue weighted by molar-refractivity contribution is 5.79. The van der Waals surface area contributed by atoms with Gasteiger partial charge in [0.2, 0.25) is 5.91 Å². The summed E-state index contributed by atoms with van der Waals surface area (Å²) in [6.45, 7) is 5.41. The second kappa shape index (κ2) is 5.17. The summed E-state index contributed by atoms with van der Waals surface area (Å²) in [7, 11) is 0. The van der Waals surface area contributed by atoms with Crippen molar-refractivity contribution in [3.63, 3.8) is 0 Å². The maximum atomic E-state index is 12.2. The van der Waals surface area contributed by atoms with Crippen LogP contribution in [-0.4, -0.2) is 48.6 Å². The molecule has 0 bridgehead atoms. The van der Waals surface area contributed by atoms with E-state index in [0.29, 0.717) is 18.0 Å². The minimum absolute atomic E-state index is 0.233. The Kier molecular flexibility index (Phi) is 3.57. The van der Waals surface area contributed by atoms with Crippen molar-refractivity contribution in [3.8, 4) is 0 Å². The fourth-order valence-electron chi connectivity index (χ4n) is 3.37. The summed E-state index contributed by atoms with van der Waals surface area (Å²) in [5.41, 5.74) is 0. The van der Waals surface area contributed by atoms with Crippen LogP contribution < -0.4 is 10.6 Å². The number of hydrogen-bond donors (Lipinski definition) is 2. The Morgan fingerprint density at radius 2 is 2.11 bits per heavy atom. The molecule has 2 saturated heterocycles. The molecule has 3 unspecified atom stereocenters. The van der Waals surface area contributed by atoms with Gasteiger partial charge in [0.15, 0.2) is 0 Å². The first-order chi connectivity index (χ1) is 8.72. The molecule has 1 amide bonds. The summed E-state index contributed by atoms with van der Waals surface area (Å²) in [6.07, 6.45) is 5.86. The fourth-order valence-corrected chi connectivity index (χ4v) is 3.37. The SMILES string of the molecule is CC1CC(C(=O)NC2CCN(C3CC3)C2)CCN1. The van der Waals surface area contributed by atoms with Gasteiger partial charge >= 0.3 is 0 Å². The normalized spacial score (nSPS) is 37.7. The van der Waals surface area contributed by atoms with Crippen molar-refractivity contribution in [2.75, 3.05) is 19.6 Å². The molecule has 0 aromatic carbocycles. The Morgan fingerprint density at radius 3 is 2.83 bits per heavy atom. The molecular weight excluding hydrogens is 226 g/mol. The van der Waals surface area contributed by atoms with Crippen molar-refractivity contribution in [1.82, 2.24) is 15.5 Å². The van der Waals surface area contributed by atoms with Crippen LogP contribution in [0.4, 0.5) is 0 Å². The van der Waals surface area contributed by atoms with Crippen LogP contribution in [0.15, 0.2) is 0 Å². The van der Waals surface area contributed by atoms with Gasteiger partial charge in [0.1, 0.15) is 0 Å². The van der Waals surface area contributed by atoms with E-state index in [1.54, 1.807) is 0 Å². The number of nitrogens with zero attached hydrogens (tertiary/aromatic N) is 1. The highest BCUT2D eigenvalue weighted by Crippen LogP contribution is 2.30. The molecule has 0 aromatic rings. The Hall–Kier alpha value is -0.610. The molecule has 2 aliphatic heterocycles. The van der Waals surface area contributed by atoms with E-state index in [9.17, 15) is 4.79 Å². The van der Waals surface area contributed by atoms with Gasteiger partial charge in [0.05, 0.1) is 0 Å². The number of nitrogens with one attached hydrogen (secondary N) is 2. The zero-order chi connectivity index (χ0) is 12.5. The molecule has 18 heavy (non-hydrogen) atoms. The number of carbonyl (C=O) groups excluding carboxylic acids is 1. The van der Waals surface area contributed by atoms with E-state index >= 15 is 0 Å². The van der Waals surface area contributed by atoms with Crippen molar-refractivity contribution in [1.29, 1.82) is 0 Å². The standard InChI is InChI=1S/C14H25N3O/c1-10-8-11(4-6-15-10)14(18)16-12-5-7-17(9-12)13-2-3-13/h10-13,15H,2-9H2,1H3,(H,16,18). The molecule has 0 spiro atoms. The van der Waals surface area contributed by atoms with E-state index in [4.69, 9.17) is 0 Å². The number of hydrogen-bond acceptors (Lipinski definition) is 3. The van der Waals surface area contributed by atoms with E-state index in [1.165, 1.54) is 19.4 Å². The molecule has 1 saturated carbocycles. The maximum absolute atomic E-state index is 12.2. The molecular formula is C14H25N3O. The molecule has 3 fully saturated rings. The van der Waals surface area contributed by atoms with Crippen LogP contribution in [0.2, 0.25) is 0 Å². The maximum Gasteiger partial charge on any atom is 0.223 e. The van der Waals surface area contributed by atoms with Crippen molar-refractivity contribution in [3.05, 3.63) is 0 Å². The third-order valence-corrected chi connectivity index (χ3v) is 4.62. The van der Waals surface area contributed by atoms with Gasteiger partial charge in [-0.15, -0.1) is 0 Å². The third kappa shape index (κ3) is 2.86. The lowest BCUT2D eigenvalue weighted by molar-refractivity contribution is -0.126. The summed E-state index contributed by atoms with van der Waals surface area (Å²) >= 11 is 0. The van der Waals surface area contributed by atoms with Gasteiger partial charge in [-0.25, -0.2) is 0 Å². The quantitative estimate of drug-likeness (QED) is 0.777. The predicted octanol–water partition coefficient (Wildman–Crippen LogP) is 0.727. The van der Waals surface area contributed by atoms with Crippen LogP contribution in [0.3, 0.4) is 0 Å². The Bertz CT molecular complexity index is 316. The monoisotopic (exact) mass is 251 g/mol. The van der Waals surface area contributed by atoms with Crippen LogP contribution in [0.5, 0.6) is 0 Å². The summed E-state index contributed by atoms with van der Waals surface area (Å²) in [5, 5.41) is 6.68. The highest BCUT2D eigenvalue weighted by atomic mass is 16.2. The van der Waals surface area contributed by atoms with E-state index in [-0.39, 0.29) is 5.92 Å². The molecule has 102 valence electrons. The summed E-state index contributed by atoms with van der Waals surface area (Å²) < 4.78 is 0. The van der Waals surface area contributed by atoms with Crippen molar-refractivity contribution in [2.45, 2.75) is 57.2 Å². The third-order valence-electron chi connectivity index (χ3n) is 4.62. The van der Waals surface area contributed by atoms with Crippen LogP contribution in [0.25, 0.3) is 0 Å². The molecule has 3 rings (SSSR count). The van der Waals surface area contributed by atoms with E-state index in [2.05, 4.69) is 22.5 Å². The molecule has 2 N–H and O–H groups in total. The van der Waals surface area contributed by atoms with Crippen LogP contribution in [0.1, 0.15) is 39.0 Å². The van der Waals surface area contributed by atoms with E-state index in [0.717, 1.165) is 38.4 Å². The minimum atomic E-state index is 0.233. The summed E-state index contributed by atoms with van der Waals surface area (Å²) in [5.74, 6) is 0.530. The Labute approximate surface area is 109 Å². The van der Waals surface area contributed by atoms with Gasteiger partial charge in [-0.2, -0.15) is 0 Å². The Balaban J connectivity index is 1.45. The first-order valence-corrected chi connectivity index (χ1v) is 7.50. The lowest BCUT2D eigenvalue weighted by Gasteiger charge is -2.28. The molecule has 4 nitrogen and oxygen atoms in total. The van der Waals surface area contributed by atoms with Crippen molar-refractivity contribution >= 4 is 5.91 Å². The number of carbonyl (C=O) groups is 1. The number of likely N-dealkylation sites (tertiary alicyclic amines) is 1. The molecule has 0 aromatic heterocycles. The van der Waals surface area contributed by atoms with Gasteiger partial charge in [-0.05, 0) is 45.6 Å². The molecule has 2 heterocycles. The summed E-state index contributed by atoms with van der Waals surface area (Å²) in [6, 6.07) is 1.73. The van der Waals surface area contributed by atoms with Gasteiger partial charge in [-0.3, -0.25) is 9.69 Å². The smallest absolute Gasteiger partial charge is 0.223 e. The second-order valence-corrected chi connectivity index (χ2v) is 6.30. The molecule has 1 aliphatic carbocycles. The Morgan fingerprint density at radius 1 is 1.28 bits per heavy atom. The van der Waals surface area contributed by atoms with Crippen molar-refractivity contribution in [2.24, 2.45) is 5.92 Å². The van der Waals surface area contributed by atoms with Gasteiger partial charge in [0, 0.05) is 37.1 Å². The van der Waals surface area contributed by atoms with Gasteiger partial charge in [0.25, 0.3) is 0 Å². The summed E-state index contributed by atoms with van der Waals surface area (Å²) in [4.78, 5) is 14.8. The van der Waals surface area contributed by atoms with Gasteiger partial charge in [-0.1, -0.05) is 0 Å².